The fourth-order valence-corrected chi connectivity index (χ4v) is 2.79. The first-order chi connectivity index (χ1) is 11.3. The maximum Gasteiger partial charge on any atom is 0.416 e. The monoisotopic (exact) mass is 337 g/mol. The molecule has 2 aromatic rings. The maximum atomic E-state index is 12.9. The number of hydrogen-bond acceptors (Lipinski definition) is 5. The van der Waals surface area contributed by atoms with E-state index in [0.717, 1.165) is 30.8 Å². The molecular formula is C16H18F3N5. The predicted octanol–water partition coefficient (Wildman–Crippen LogP) is 2.46. The van der Waals surface area contributed by atoms with Crippen molar-refractivity contribution in [3.05, 3.63) is 35.4 Å². The van der Waals surface area contributed by atoms with Gasteiger partial charge in [-0.3, -0.25) is 0 Å². The van der Waals surface area contributed by atoms with Crippen LogP contribution in [0.5, 0.6) is 0 Å². The normalized spacial score (nSPS) is 15.5. The summed E-state index contributed by atoms with van der Waals surface area (Å²) < 4.78 is 38.8. The lowest BCUT2D eigenvalue weighted by Crippen LogP contribution is -2.57. The predicted molar refractivity (Wildman–Crippen MR) is 86.7 cm³/mol. The van der Waals surface area contributed by atoms with Crippen LogP contribution >= 0.6 is 0 Å². The van der Waals surface area contributed by atoms with Gasteiger partial charge in [-0.15, -0.1) is 0 Å². The second-order valence-corrected chi connectivity index (χ2v) is 5.85. The number of alkyl halides is 3. The number of likely N-dealkylation sites (N-methyl/N-ethyl adjacent to an activating group) is 1. The molecule has 3 rings (SSSR count). The van der Waals surface area contributed by atoms with Gasteiger partial charge >= 0.3 is 6.18 Å². The topological polar surface area (TPSA) is 67.1 Å². The number of nitrogens with zero attached hydrogens (tertiary/aromatic N) is 3. The van der Waals surface area contributed by atoms with Crippen molar-refractivity contribution in [2.45, 2.75) is 19.1 Å². The van der Waals surface area contributed by atoms with Gasteiger partial charge in [-0.1, -0.05) is 12.1 Å². The van der Waals surface area contributed by atoms with Crippen LogP contribution in [0.2, 0.25) is 0 Å². The Bertz CT molecular complexity index is 754. The molecule has 5 nitrogen and oxygen atoms in total. The summed E-state index contributed by atoms with van der Waals surface area (Å²) in [5.41, 5.74) is 6.60. The van der Waals surface area contributed by atoms with Gasteiger partial charge in [0.1, 0.15) is 5.82 Å². The quantitative estimate of drug-likeness (QED) is 0.901. The fraction of sp³-hybridized carbons (Fsp3) is 0.375. The zero-order chi connectivity index (χ0) is 17.5. The first kappa shape index (κ1) is 16.5. The smallest absolute Gasteiger partial charge is 0.368 e. The third-order valence-electron chi connectivity index (χ3n) is 4.19. The standard InChI is InChI=1S/C16H18F3N5/c1-9-13(10-4-3-5-11(6-10)16(17,18)19)22-15(20)23-14(9)24-7-12(8-24)21-2/h3-6,12,21H,7-8H2,1-2H3,(H2,20,22,23). The molecule has 3 N–H and O–H groups in total. The molecular weight excluding hydrogens is 319 g/mol. The largest absolute Gasteiger partial charge is 0.416 e. The second kappa shape index (κ2) is 5.94. The van der Waals surface area contributed by atoms with Gasteiger partial charge < -0.3 is 16.0 Å². The van der Waals surface area contributed by atoms with Gasteiger partial charge in [0.2, 0.25) is 5.95 Å². The van der Waals surface area contributed by atoms with E-state index < -0.39 is 11.7 Å². The number of anilines is 2. The highest BCUT2D eigenvalue weighted by molar-refractivity contribution is 5.71. The van der Waals surface area contributed by atoms with Crippen molar-refractivity contribution in [3.8, 4) is 11.3 Å². The summed E-state index contributed by atoms with van der Waals surface area (Å²) >= 11 is 0. The Kier molecular flexibility index (Phi) is 4.08. The van der Waals surface area contributed by atoms with Gasteiger partial charge in [-0.25, -0.2) is 4.98 Å². The summed E-state index contributed by atoms with van der Waals surface area (Å²) in [6, 6.07) is 5.47. The molecule has 0 spiro atoms. The van der Waals surface area contributed by atoms with Crippen LogP contribution in [-0.4, -0.2) is 36.1 Å². The fourth-order valence-electron chi connectivity index (χ4n) is 2.79. The lowest BCUT2D eigenvalue weighted by Gasteiger charge is -2.40. The summed E-state index contributed by atoms with van der Waals surface area (Å²) in [5, 5.41) is 3.16. The van der Waals surface area contributed by atoms with E-state index in [9.17, 15) is 13.2 Å². The van der Waals surface area contributed by atoms with Crippen LogP contribution in [0, 0.1) is 6.92 Å². The first-order valence-corrected chi connectivity index (χ1v) is 7.53. The molecule has 1 aliphatic rings. The van der Waals surface area contributed by atoms with E-state index in [1.165, 1.54) is 6.07 Å². The lowest BCUT2D eigenvalue weighted by molar-refractivity contribution is -0.137. The molecule has 1 fully saturated rings. The van der Waals surface area contributed by atoms with E-state index in [1.54, 1.807) is 13.0 Å². The van der Waals surface area contributed by atoms with Gasteiger partial charge in [0.15, 0.2) is 0 Å². The van der Waals surface area contributed by atoms with Gasteiger partial charge in [0.25, 0.3) is 0 Å². The highest BCUT2D eigenvalue weighted by Crippen LogP contribution is 2.35. The van der Waals surface area contributed by atoms with Gasteiger partial charge in [0, 0.05) is 30.3 Å². The minimum atomic E-state index is -4.40. The van der Waals surface area contributed by atoms with Crippen molar-refractivity contribution in [1.82, 2.24) is 15.3 Å². The molecule has 0 amide bonds. The van der Waals surface area contributed by atoms with Crippen molar-refractivity contribution >= 4 is 11.8 Å². The minimum absolute atomic E-state index is 0.0518. The molecule has 8 heteroatoms. The zero-order valence-corrected chi connectivity index (χ0v) is 13.4. The number of benzene rings is 1. The van der Waals surface area contributed by atoms with Crippen molar-refractivity contribution < 1.29 is 13.2 Å². The molecule has 0 aliphatic carbocycles. The van der Waals surface area contributed by atoms with Gasteiger partial charge in [-0.2, -0.15) is 18.2 Å². The SMILES string of the molecule is CNC1CN(c2nc(N)nc(-c3cccc(C(F)(F)F)c3)c2C)C1. The molecule has 0 radical (unpaired) electrons. The Morgan fingerprint density at radius 3 is 2.58 bits per heavy atom. The van der Waals surface area contributed by atoms with Crippen molar-refractivity contribution in [2.75, 3.05) is 30.8 Å². The molecule has 1 aromatic carbocycles. The number of hydrogen-bond donors (Lipinski definition) is 2. The lowest BCUT2D eigenvalue weighted by atomic mass is 10.0. The van der Waals surface area contributed by atoms with Crippen molar-refractivity contribution in [1.29, 1.82) is 0 Å². The molecule has 0 bridgehead atoms. The Morgan fingerprint density at radius 1 is 1.25 bits per heavy atom. The molecule has 128 valence electrons. The van der Waals surface area contributed by atoms with E-state index in [4.69, 9.17) is 5.73 Å². The number of nitrogens with one attached hydrogen (secondary N) is 1. The van der Waals surface area contributed by atoms with Crippen LogP contribution in [0.15, 0.2) is 24.3 Å². The molecule has 0 unspecified atom stereocenters. The molecule has 1 aromatic heterocycles. The molecule has 24 heavy (non-hydrogen) atoms. The summed E-state index contributed by atoms with van der Waals surface area (Å²) in [6.07, 6.45) is -4.40. The van der Waals surface area contributed by atoms with Crippen LogP contribution in [0.3, 0.4) is 0 Å². The molecule has 0 saturated carbocycles. The van der Waals surface area contributed by atoms with E-state index in [2.05, 4.69) is 15.3 Å². The summed E-state index contributed by atoms with van der Waals surface area (Å²) in [7, 11) is 1.89. The highest BCUT2D eigenvalue weighted by Gasteiger charge is 2.32. The highest BCUT2D eigenvalue weighted by atomic mass is 19.4. The van der Waals surface area contributed by atoms with Crippen molar-refractivity contribution in [3.63, 3.8) is 0 Å². The number of halogens is 3. The van der Waals surface area contributed by atoms with Gasteiger partial charge in [-0.05, 0) is 26.1 Å². The third kappa shape index (κ3) is 3.01. The Balaban J connectivity index is 2.01. The summed E-state index contributed by atoms with van der Waals surface area (Å²) in [5.74, 6) is 0.720. The van der Waals surface area contributed by atoms with Crippen LogP contribution in [0.1, 0.15) is 11.1 Å². The van der Waals surface area contributed by atoms with E-state index in [-0.39, 0.29) is 5.95 Å². The van der Waals surface area contributed by atoms with Crippen LogP contribution in [0.25, 0.3) is 11.3 Å². The van der Waals surface area contributed by atoms with E-state index >= 15 is 0 Å². The molecule has 0 atom stereocenters. The van der Waals surface area contributed by atoms with Crippen LogP contribution in [-0.2, 0) is 6.18 Å². The Labute approximate surface area is 137 Å². The number of rotatable bonds is 3. The third-order valence-corrected chi connectivity index (χ3v) is 4.19. The number of nitrogens with two attached hydrogens (primary N) is 1. The van der Waals surface area contributed by atoms with Gasteiger partial charge in [0.05, 0.1) is 11.3 Å². The Hall–Kier alpha value is -2.35. The second-order valence-electron chi connectivity index (χ2n) is 5.85. The number of nitrogen functional groups attached to an aromatic ring is 1. The Morgan fingerprint density at radius 2 is 1.96 bits per heavy atom. The van der Waals surface area contributed by atoms with Crippen LogP contribution < -0.4 is 16.0 Å². The van der Waals surface area contributed by atoms with E-state index in [1.807, 2.05) is 11.9 Å². The first-order valence-electron chi connectivity index (χ1n) is 7.53. The van der Waals surface area contributed by atoms with Crippen molar-refractivity contribution in [2.24, 2.45) is 0 Å². The summed E-state index contributed by atoms with van der Waals surface area (Å²) in [4.78, 5) is 10.5. The molecule has 2 heterocycles. The van der Waals surface area contributed by atoms with Crippen LogP contribution in [0.4, 0.5) is 24.9 Å². The molecule has 1 saturated heterocycles. The minimum Gasteiger partial charge on any atom is -0.368 e. The number of aromatic nitrogens is 2. The summed E-state index contributed by atoms with van der Waals surface area (Å²) in [6.45, 7) is 3.35. The maximum absolute atomic E-state index is 12.9. The van der Waals surface area contributed by atoms with E-state index in [0.29, 0.717) is 23.1 Å². The zero-order valence-electron chi connectivity index (χ0n) is 13.4. The molecule has 1 aliphatic heterocycles. The average Bonchev–Trinajstić information content (AvgIpc) is 2.48. The average molecular weight is 337 g/mol.